The number of aryl methyl sites for hydroxylation is 2. The summed E-state index contributed by atoms with van der Waals surface area (Å²) in [5.41, 5.74) is 6.11. The molecule has 25 heavy (non-hydrogen) atoms. The maximum atomic E-state index is 14.7. The van der Waals surface area contributed by atoms with E-state index in [-0.39, 0.29) is 5.82 Å². The first-order valence-corrected chi connectivity index (χ1v) is 9.54. The molecule has 0 atom stereocenters. The minimum absolute atomic E-state index is 0.176. The zero-order valence-electron chi connectivity index (χ0n) is 14.6. The number of hydrogen-bond acceptors (Lipinski definition) is 0. The third kappa shape index (κ3) is 4.26. The highest BCUT2D eigenvalue weighted by molar-refractivity contribution is 6.08. The smallest absolute Gasteiger partial charge is 0.131 e. The Morgan fingerprint density at radius 1 is 0.720 bits per heavy atom. The maximum Gasteiger partial charge on any atom is 0.131 e. The van der Waals surface area contributed by atoms with Crippen molar-refractivity contribution >= 4 is 10.2 Å². The van der Waals surface area contributed by atoms with E-state index in [1.54, 1.807) is 6.07 Å². The molecular weight excluding hydrogens is 323 g/mol. The number of rotatable bonds is 6. The summed E-state index contributed by atoms with van der Waals surface area (Å²) in [6.07, 6.45) is 3.18. The Balaban J connectivity index is 1.85. The Morgan fingerprint density at radius 3 is 1.84 bits per heavy atom. The van der Waals surface area contributed by atoms with Gasteiger partial charge in [-0.3, -0.25) is 0 Å². The van der Waals surface area contributed by atoms with Gasteiger partial charge in [0.2, 0.25) is 0 Å². The molecule has 0 fully saturated rings. The average Bonchev–Trinajstić information content (AvgIpc) is 2.64. The largest absolute Gasteiger partial charge is 0.206 e. The van der Waals surface area contributed by atoms with E-state index in [9.17, 15) is 4.39 Å². The molecule has 0 unspecified atom stereocenters. The Kier molecular flexibility index (Phi) is 5.82. The van der Waals surface area contributed by atoms with Gasteiger partial charge in [0.1, 0.15) is 5.82 Å². The van der Waals surface area contributed by atoms with Crippen molar-refractivity contribution in [3.8, 4) is 22.3 Å². The first-order valence-electron chi connectivity index (χ1n) is 8.84. The van der Waals surface area contributed by atoms with Gasteiger partial charge in [0.05, 0.1) is 0 Å². The topological polar surface area (TPSA) is 0 Å². The molecule has 3 rings (SSSR count). The number of hydrogen-bond donors (Lipinski definition) is 0. The van der Waals surface area contributed by atoms with Crippen LogP contribution in [-0.4, -0.2) is 10.2 Å². The van der Waals surface area contributed by atoms with Crippen molar-refractivity contribution in [1.29, 1.82) is 0 Å². The Hall–Kier alpha value is -2.19. The minimum atomic E-state index is -0.176. The van der Waals surface area contributed by atoms with Crippen LogP contribution in [0.1, 0.15) is 24.5 Å². The summed E-state index contributed by atoms with van der Waals surface area (Å²) in [6.45, 7) is 2.17. The summed E-state index contributed by atoms with van der Waals surface area (Å²) in [5, 5.41) is 0. The molecule has 125 valence electrons. The van der Waals surface area contributed by atoms with Gasteiger partial charge in [0.25, 0.3) is 0 Å². The molecule has 0 aliphatic carbocycles. The first-order chi connectivity index (χ1) is 12.2. The van der Waals surface area contributed by atoms with Gasteiger partial charge in [0.15, 0.2) is 0 Å². The summed E-state index contributed by atoms with van der Waals surface area (Å²) >= 11 is 0. The van der Waals surface area contributed by atoms with Crippen LogP contribution < -0.4 is 0 Å². The van der Waals surface area contributed by atoms with Gasteiger partial charge in [0, 0.05) is 15.8 Å². The summed E-state index contributed by atoms with van der Waals surface area (Å²) in [5.74, 6) is -0.176. The molecule has 3 aromatic rings. The highest BCUT2D eigenvalue weighted by Gasteiger charge is 2.08. The fraction of sp³-hybridized carbons (Fsp3) is 0.217. The number of benzene rings is 3. The number of halogens is 1. The highest BCUT2D eigenvalue weighted by atomic mass is 28.1. The summed E-state index contributed by atoms with van der Waals surface area (Å²) < 4.78 is 14.7. The maximum absolute atomic E-state index is 14.7. The van der Waals surface area contributed by atoms with Crippen molar-refractivity contribution in [1.82, 2.24) is 0 Å². The zero-order valence-corrected chi connectivity index (χ0v) is 15.6. The van der Waals surface area contributed by atoms with Gasteiger partial charge in [-0.25, -0.2) is 4.39 Å². The Morgan fingerprint density at radius 2 is 1.28 bits per heavy atom. The van der Waals surface area contributed by atoms with Crippen molar-refractivity contribution < 1.29 is 4.39 Å². The van der Waals surface area contributed by atoms with Crippen molar-refractivity contribution in [3.05, 3.63) is 83.7 Å². The van der Waals surface area contributed by atoms with Gasteiger partial charge in [-0.05, 0) is 46.7 Å². The molecule has 0 nitrogen and oxygen atoms in total. The molecule has 3 aromatic carbocycles. The van der Waals surface area contributed by atoms with Crippen molar-refractivity contribution in [2.24, 2.45) is 0 Å². The van der Waals surface area contributed by atoms with E-state index in [0.717, 1.165) is 42.0 Å². The van der Waals surface area contributed by atoms with E-state index in [1.165, 1.54) is 11.1 Å². The van der Waals surface area contributed by atoms with E-state index in [4.69, 9.17) is 0 Å². The third-order valence-electron chi connectivity index (χ3n) is 4.47. The van der Waals surface area contributed by atoms with E-state index < -0.39 is 0 Å². The fourth-order valence-electron chi connectivity index (χ4n) is 3.08. The first kappa shape index (κ1) is 17.6. The lowest BCUT2D eigenvalue weighted by molar-refractivity contribution is 0.632. The molecule has 3 radical (unpaired) electrons. The van der Waals surface area contributed by atoms with Gasteiger partial charge in [-0.15, -0.1) is 0 Å². The van der Waals surface area contributed by atoms with Crippen LogP contribution in [0, 0.1) is 5.82 Å². The van der Waals surface area contributed by atoms with Crippen LogP contribution in [-0.2, 0) is 12.8 Å². The van der Waals surface area contributed by atoms with E-state index in [1.807, 2.05) is 24.3 Å². The standard InChI is InChI=1S/C23H22FSi/c1-2-3-17-6-10-20(11-7-17)22-13-12-21(16-23(22)24)19-8-4-18(5-9-19)14-15-25/h4-13,16H,2-3,14-15H2,1H3. The molecule has 0 aliphatic rings. The predicted molar refractivity (Wildman–Crippen MR) is 106 cm³/mol. The zero-order chi connectivity index (χ0) is 17.6. The molecule has 0 spiro atoms. The van der Waals surface area contributed by atoms with Gasteiger partial charge in [-0.2, -0.15) is 0 Å². The molecule has 0 saturated heterocycles. The quantitative estimate of drug-likeness (QED) is 0.464. The summed E-state index contributed by atoms with van der Waals surface area (Å²) in [6, 6.07) is 23.0. The lowest BCUT2D eigenvalue weighted by atomic mass is 9.97. The summed E-state index contributed by atoms with van der Waals surface area (Å²) in [7, 11) is 3.50. The molecule has 0 aliphatic heterocycles. The minimum Gasteiger partial charge on any atom is -0.206 e. The lowest BCUT2D eigenvalue weighted by Crippen LogP contribution is -1.89. The molecule has 0 saturated carbocycles. The normalized spacial score (nSPS) is 10.8. The van der Waals surface area contributed by atoms with Crippen LogP contribution in [0.15, 0.2) is 66.7 Å². The van der Waals surface area contributed by atoms with E-state index >= 15 is 0 Å². The van der Waals surface area contributed by atoms with Crippen LogP contribution >= 0.6 is 0 Å². The second-order valence-electron chi connectivity index (χ2n) is 6.34. The second kappa shape index (κ2) is 8.26. The monoisotopic (exact) mass is 345 g/mol. The van der Waals surface area contributed by atoms with E-state index in [0.29, 0.717) is 5.56 Å². The molecular formula is C23H22FSi. The van der Waals surface area contributed by atoms with Crippen molar-refractivity contribution in [3.63, 3.8) is 0 Å². The van der Waals surface area contributed by atoms with Crippen LogP contribution in [0.25, 0.3) is 22.3 Å². The van der Waals surface area contributed by atoms with E-state index in [2.05, 4.69) is 53.6 Å². The van der Waals surface area contributed by atoms with Gasteiger partial charge >= 0.3 is 0 Å². The SMILES string of the molecule is CCCc1ccc(-c2ccc(-c3ccc(CC[Si])cc3)cc2F)cc1. The van der Waals surface area contributed by atoms with Crippen molar-refractivity contribution in [2.45, 2.75) is 32.2 Å². The molecule has 0 aromatic heterocycles. The van der Waals surface area contributed by atoms with Crippen molar-refractivity contribution in [2.75, 3.05) is 0 Å². The van der Waals surface area contributed by atoms with Gasteiger partial charge < -0.3 is 0 Å². The molecule has 2 heteroatoms. The molecule has 0 amide bonds. The Labute approximate surface area is 153 Å². The van der Waals surface area contributed by atoms with Gasteiger partial charge in [-0.1, -0.05) is 80.1 Å². The fourth-order valence-corrected chi connectivity index (χ4v) is 3.37. The van der Waals surface area contributed by atoms with Crippen LogP contribution in [0.2, 0.25) is 6.04 Å². The predicted octanol–water partition coefficient (Wildman–Crippen LogP) is 6.24. The summed E-state index contributed by atoms with van der Waals surface area (Å²) in [4.78, 5) is 0. The Bertz CT molecular complexity index is 820. The lowest BCUT2D eigenvalue weighted by Gasteiger charge is -2.09. The highest BCUT2D eigenvalue weighted by Crippen LogP contribution is 2.28. The molecule has 0 heterocycles. The molecule has 0 bridgehead atoms. The average molecular weight is 346 g/mol. The van der Waals surface area contributed by atoms with Crippen LogP contribution in [0.3, 0.4) is 0 Å². The second-order valence-corrected chi connectivity index (χ2v) is 6.84. The third-order valence-corrected chi connectivity index (χ3v) is 4.72. The van der Waals surface area contributed by atoms with Crippen LogP contribution in [0.5, 0.6) is 0 Å². The molecule has 0 N–H and O–H groups in total. The van der Waals surface area contributed by atoms with Crippen LogP contribution in [0.4, 0.5) is 4.39 Å².